The van der Waals surface area contributed by atoms with E-state index in [9.17, 15) is 14.7 Å². The first-order valence-corrected chi connectivity index (χ1v) is 11.7. The molecule has 4 rings (SSSR count). The van der Waals surface area contributed by atoms with E-state index in [1.807, 2.05) is 56.3 Å². The summed E-state index contributed by atoms with van der Waals surface area (Å²) in [4.78, 5) is 24.4. The van der Waals surface area contributed by atoms with Gasteiger partial charge in [0, 0.05) is 18.1 Å². The lowest BCUT2D eigenvalue weighted by Crippen LogP contribution is -2.30. The first kappa shape index (κ1) is 23.6. The number of hydrogen-bond donors (Lipinski definition) is 1. The monoisotopic (exact) mass is 462 g/mol. The van der Waals surface area contributed by atoms with Crippen molar-refractivity contribution < 1.29 is 28.9 Å². The number of methoxy groups -OCH3 is 1. The van der Waals surface area contributed by atoms with E-state index in [1.54, 1.807) is 7.11 Å². The summed E-state index contributed by atoms with van der Waals surface area (Å²) < 4.78 is 18.1. The third-order valence-corrected chi connectivity index (χ3v) is 6.25. The van der Waals surface area contributed by atoms with Crippen LogP contribution in [0.1, 0.15) is 50.7 Å². The normalized spacial score (nSPS) is 18.1. The maximum atomic E-state index is 12.5. The zero-order valence-corrected chi connectivity index (χ0v) is 19.8. The summed E-state index contributed by atoms with van der Waals surface area (Å²) >= 11 is 0. The van der Waals surface area contributed by atoms with Crippen molar-refractivity contribution in [3.05, 3.63) is 70.8 Å². The van der Waals surface area contributed by atoms with Crippen LogP contribution >= 0.6 is 0 Å². The molecular formula is C28H30O6. The van der Waals surface area contributed by atoms with Gasteiger partial charge >= 0.3 is 5.97 Å². The maximum Gasteiger partial charge on any atom is 0.339 e. The molecule has 178 valence electrons. The highest BCUT2D eigenvalue weighted by Gasteiger charge is 2.33. The lowest BCUT2D eigenvalue weighted by atomic mass is 9.85. The second-order valence-corrected chi connectivity index (χ2v) is 8.98. The number of hydrogen-bond acceptors (Lipinski definition) is 5. The summed E-state index contributed by atoms with van der Waals surface area (Å²) in [5.74, 6) is 0.363. The minimum Gasteiger partial charge on any atom is -0.493 e. The SMILES string of the molecule is COc1cc2c(cc1OCc1ccccc1)OC(C(C)C)C1=C2CCCCC(=O)C(C(=O)O)=C1. The lowest BCUT2D eigenvalue weighted by molar-refractivity contribution is -0.134. The molecule has 1 N–H and O–H groups in total. The van der Waals surface area contributed by atoms with Crippen LogP contribution in [0.25, 0.3) is 5.57 Å². The summed E-state index contributed by atoms with van der Waals surface area (Å²) in [5, 5.41) is 9.71. The lowest BCUT2D eigenvalue weighted by Gasteiger charge is -2.33. The molecule has 0 radical (unpaired) electrons. The number of allylic oxidation sites excluding steroid dienone is 1. The number of carboxylic acid groups (broad SMARTS) is 1. The fourth-order valence-electron chi connectivity index (χ4n) is 4.49. The zero-order valence-electron chi connectivity index (χ0n) is 19.8. The molecule has 0 fully saturated rings. The van der Waals surface area contributed by atoms with Crippen molar-refractivity contribution in [2.75, 3.05) is 7.11 Å². The third-order valence-electron chi connectivity index (χ3n) is 6.25. The Hall–Kier alpha value is -3.54. The van der Waals surface area contributed by atoms with Gasteiger partial charge in [-0.1, -0.05) is 44.2 Å². The molecule has 34 heavy (non-hydrogen) atoms. The number of rotatable bonds is 6. The topological polar surface area (TPSA) is 82.1 Å². The average molecular weight is 463 g/mol. The highest BCUT2D eigenvalue weighted by atomic mass is 16.5. The van der Waals surface area contributed by atoms with E-state index in [-0.39, 0.29) is 29.8 Å². The van der Waals surface area contributed by atoms with Gasteiger partial charge in [-0.25, -0.2) is 4.79 Å². The summed E-state index contributed by atoms with van der Waals surface area (Å²) in [6, 6.07) is 13.6. The Morgan fingerprint density at radius 2 is 1.85 bits per heavy atom. The number of carbonyl (C=O) groups is 2. The number of fused-ring (bicyclic) bond motifs is 2. The molecular weight excluding hydrogens is 432 g/mol. The molecule has 6 heteroatoms. The van der Waals surface area contributed by atoms with E-state index in [4.69, 9.17) is 14.2 Å². The molecule has 1 unspecified atom stereocenters. The molecule has 0 spiro atoms. The van der Waals surface area contributed by atoms with Crippen molar-refractivity contribution in [3.63, 3.8) is 0 Å². The summed E-state index contributed by atoms with van der Waals surface area (Å²) in [6.45, 7) is 4.45. The van der Waals surface area contributed by atoms with Gasteiger partial charge in [0.05, 0.1) is 7.11 Å². The molecule has 2 aromatic carbocycles. The van der Waals surface area contributed by atoms with Gasteiger partial charge in [-0.15, -0.1) is 0 Å². The van der Waals surface area contributed by atoms with Crippen LogP contribution < -0.4 is 14.2 Å². The van der Waals surface area contributed by atoms with Crippen LogP contribution in [0.15, 0.2) is 59.7 Å². The van der Waals surface area contributed by atoms with Gasteiger partial charge in [0.15, 0.2) is 17.3 Å². The van der Waals surface area contributed by atoms with E-state index >= 15 is 0 Å². The molecule has 2 aromatic rings. The number of carboxylic acids is 1. The van der Waals surface area contributed by atoms with Gasteiger partial charge in [0.2, 0.25) is 0 Å². The average Bonchev–Trinajstić information content (AvgIpc) is 2.91. The minimum absolute atomic E-state index is 0.0658. The number of aliphatic carboxylic acids is 1. The standard InChI is InChI=1S/C28H30O6/c1-17(2)27-21-13-22(28(30)31)23(29)12-8-7-11-19(21)20-14-25(32-3)26(15-24(20)34-27)33-16-18-9-5-4-6-10-18/h4-6,9-10,13-15,17,27H,7-8,11-12,16H2,1-3H3,(H,30,31). The second-order valence-electron chi connectivity index (χ2n) is 8.98. The Morgan fingerprint density at radius 3 is 2.53 bits per heavy atom. The maximum absolute atomic E-state index is 12.5. The van der Waals surface area contributed by atoms with Crippen LogP contribution in [-0.4, -0.2) is 30.1 Å². The summed E-state index contributed by atoms with van der Waals surface area (Å²) in [7, 11) is 1.59. The quantitative estimate of drug-likeness (QED) is 0.563. The first-order chi connectivity index (χ1) is 16.4. The molecule has 1 aliphatic carbocycles. The van der Waals surface area contributed by atoms with Crippen molar-refractivity contribution in [3.8, 4) is 17.2 Å². The Balaban J connectivity index is 1.81. The van der Waals surface area contributed by atoms with E-state index in [0.29, 0.717) is 30.3 Å². The van der Waals surface area contributed by atoms with Crippen molar-refractivity contribution in [1.82, 2.24) is 0 Å². The predicted octanol–water partition coefficient (Wildman–Crippen LogP) is 5.60. The highest BCUT2D eigenvalue weighted by Crippen LogP contribution is 2.46. The van der Waals surface area contributed by atoms with Crippen LogP contribution in [0.5, 0.6) is 17.2 Å². The molecule has 1 heterocycles. The molecule has 0 aromatic heterocycles. The first-order valence-electron chi connectivity index (χ1n) is 11.7. The second kappa shape index (κ2) is 10.2. The molecule has 1 atom stereocenters. The molecule has 0 saturated heterocycles. The van der Waals surface area contributed by atoms with Gasteiger partial charge in [0.25, 0.3) is 0 Å². The van der Waals surface area contributed by atoms with Crippen molar-refractivity contribution in [2.24, 2.45) is 5.92 Å². The zero-order chi connectivity index (χ0) is 24.2. The molecule has 1 aliphatic heterocycles. The van der Waals surface area contributed by atoms with E-state index in [1.165, 1.54) is 6.08 Å². The van der Waals surface area contributed by atoms with Crippen LogP contribution in [0.2, 0.25) is 0 Å². The molecule has 6 nitrogen and oxygen atoms in total. The number of carbonyl (C=O) groups excluding carboxylic acids is 1. The minimum atomic E-state index is -1.20. The number of Topliss-reactive ketones (excluding diaryl/α,β-unsaturated/α-hetero) is 1. The summed E-state index contributed by atoms with van der Waals surface area (Å²) in [6.07, 6.45) is 3.53. The molecule has 0 amide bonds. The Kier molecular flexibility index (Phi) is 7.06. The van der Waals surface area contributed by atoms with Crippen LogP contribution in [0.3, 0.4) is 0 Å². The predicted molar refractivity (Wildman–Crippen MR) is 129 cm³/mol. The Labute approximate surface area is 199 Å². The van der Waals surface area contributed by atoms with Gasteiger partial charge in [-0.2, -0.15) is 0 Å². The highest BCUT2D eigenvalue weighted by molar-refractivity contribution is 6.17. The van der Waals surface area contributed by atoms with E-state index < -0.39 is 5.97 Å². The van der Waals surface area contributed by atoms with Gasteiger partial charge in [-0.05, 0) is 54.0 Å². The smallest absolute Gasteiger partial charge is 0.339 e. The Bertz CT molecular complexity index is 1140. The number of ketones is 1. The van der Waals surface area contributed by atoms with E-state index in [0.717, 1.165) is 35.1 Å². The van der Waals surface area contributed by atoms with Gasteiger partial charge in [-0.3, -0.25) is 4.79 Å². The number of benzene rings is 2. The Morgan fingerprint density at radius 1 is 1.12 bits per heavy atom. The van der Waals surface area contributed by atoms with Gasteiger partial charge in [0.1, 0.15) is 24.0 Å². The molecule has 2 aliphatic rings. The van der Waals surface area contributed by atoms with Crippen molar-refractivity contribution in [1.29, 1.82) is 0 Å². The fraction of sp³-hybridized carbons (Fsp3) is 0.357. The van der Waals surface area contributed by atoms with Crippen LogP contribution in [0.4, 0.5) is 0 Å². The van der Waals surface area contributed by atoms with Crippen molar-refractivity contribution in [2.45, 2.75) is 52.2 Å². The van der Waals surface area contributed by atoms with Gasteiger partial charge < -0.3 is 19.3 Å². The number of ether oxygens (including phenoxy) is 3. The molecule has 0 saturated carbocycles. The largest absolute Gasteiger partial charge is 0.493 e. The van der Waals surface area contributed by atoms with E-state index in [2.05, 4.69) is 0 Å². The molecule has 0 bridgehead atoms. The fourth-order valence-corrected chi connectivity index (χ4v) is 4.49. The van der Waals surface area contributed by atoms with Crippen LogP contribution in [0, 0.1) is 5.92 Å². The summed E-state index contributed by atoms with van der Waals surface area (Å²) in [5.41, 5.74) is 3.48. The third kappa shape index (κ3) is 4.86. The van der Waals surface area contributed by atoms with Crippen molar-refractivity contribution >= 4 is 17.3 Å². The van der Waals surface area contributed by atoms with Crippen LogP contribution in [-0.2, 0) is 16.2 Å².